The Balaban J connectivity index is 1.58. The second-order valence-electron chi connectivity index (χ2n) is 5.57. The van der Waals surface area contributed by atoms with E-state index in [1.54, 1.807) is 24.2 Å². The zero-order chi connectivity index (χ0) is 18.2. The minimum absolute atomic E-state index is 0.0207. The Morgan fingerprint density at radius 1 is 0.962 bits per heavy atom. The highest BCUT2D eigenvalue weighted by Crippen LogP contribution is 2.32. The van der Waals surface area contributed by atoms with Crippen LogP contribution in [0.5, 0.6) is 0 Å². The largest absolute Gasteiger partial charge is 0.349 e. The molecule has 0 saturated heterocycles. The quantitative estimate of drug-likeness (QED) is 0.606. The first-order valence-electron chi connectivity index (χ1n) is 8.23. The van der Waals surface area contributed by atoms with Crippen LogP contribution >= 0.6 is 23.5 Å². The maximum absolute atomic E-state index is 12.3. The van der Waals surface area contributed by atoms with Crippen molar-refractivity contribution < 1.29 is 4.79 Å². The van der Waals surface area contributed by atoms with Gasteiger partial charge in [-0.1, -0.05) is 72.1 Å². The van der Waals surface area contributed by atoms with Crippen LogP contribution in [0.15, 0.2) is 88.0 Å². The molecular weight excluding hydrogens is 362 g/mol. The van der Waals surface area contributed by atoms with E-state index in [0.29, 0.717) is 5.75 Å². The van der Waals surface area contributed by atoms with Crippen molar-refractivity contribution in [2.75, 3.05) is 5.75 Å². The van der Waals surface area contributed by atoms with E-state index in [1.165, 1.54) is 11.8 Å². The van der Waals surface area contributed by atoms with Crippen molar-refractivity contribution in [1.29, 1.82) is 0 Å². The van der Waals surface area contributed by atoms with Gasteiger partial charge in [-0.3, -0.25) is 4.79 Å². The lowest BCUT2D eigenvalue weighted by atomic mass is 10.1. The molecule has 0 bridgehead atoms. The molecule has 6 heteroatoms. The molecule has 1 unspecified atom stereocenters. The van der Waals surface area contributed by atoms with Crippen LogP contribution in [0.25, 0.3) is 0 Å². The molecule has 1 amide bonds. The number of aromatic nitrogens is 2. The van der Waals surface area contributed by atoms with Crippen molar-refractivity contribution in [3.63, 3.8) is 0 Å². The highest BCUT2D eigenvalue weighted by molar-refractivity contribution is 8.02. The number of benzene rings is 2. The molecule has 3 rings (SSSR count). The zero-order valence-corrected chi connectivity index (χ0v) is 16.0. The molecule has 132 valence electrons. The summed E-state index contributed by atoms with van der Waals surface area (Å²) in [5.41, 5.74) is 1.09. The SMILES string of the molecule is CC(NC(=O)CSc1nccnc1Sc1ccccc1)c1ccccc1. The van der Waals surface area contributed by atoms with Gasteiger partial charge in [-0.2, -0.15) is 0 Å². The first-order chi connectivity index (χ1) is 12.7. The van der Waals surface area contributed by atoms with Gasteiger partial charge < -0.3 is 5.32 Å². The molecule has 1 atom stereocenters. The number of thioether (sulfide) groups is 1. The number of amides is 1. The molecular formula is C20H19N3OS2. The van der Waals surface area contributed by atoms with Gasteiger partial charge in [-0.25, -0.2) is 9.97 Å². The number of nitrogens with one attached hydrogen (secondary N) is 1. The number of carbonyl (C=O) groups excluding carboxylic acids is 1. The summed E-state index contributed by atoms with van der Waals surface area (Å²) >= 11 is 2.96. The fraction of sp³-hybridized carbons (Fsp3) is 0.150. The van der Waals surface area contributed by atoms with E-state index in [0.717, 1.165) is 20.5 Å². The summed E-state index contributed by atoms with van der Waals surface area (Å²) in [5, 5.41) is 4.60. The van der Waals surface area contributed by atoms with Crippen molar-refractivity contribution in [2.24, 2.45) is 0 Å². The summed E-state index contributed by atoms with van der Waals surface area (Å²) in [6, 6.07) is 19.9. The Morgan fingerprint density at radius 2 is 1.58 bits per heavy atom. The molecule has 3 aromatic rings. The van der Waals surface area contributed by atoms with Crippen LogP contribution in [0.4, 0.5) is 0 Å². The fourth-order valence-electron chi connectivity index (χ4n) is 2.32. The number of rotatable bonds is 7. The Labute approximate surface area is 161 Å². The van der Waals surface area contributed by atoms with Gasteiger partial charge in [0.15, 0.2) is 0 Å². The number of hydrogen-bond acceptors (Lipinski definition) is 5. The van der Waals surface area contributed by atoms with E-state index in [4.69, 9.17) is 0 Å². The van der Waals surface area contributed by atoms with Crippen molar-refractivity contribution in [3.05, 3.63) is 78.6 Å². The molecule has 1 N–H and O–H groups in total. The minimum atomic E-state index is -0.0238. The first kappa shape index (κ1) is 18.5. The third-order valence-electron chi connectivity index (χ3n) is 3.61. The molecule has 1 heterocycles. The van der Waals surface area contributed by atoms with E-state index >= 15 is 0 Å². The van der Waals surface area contributed by atoms with Crippen molar-refractivity contribution in [2.45, 2.75) is 27.9 Å². The second-order valence-corrected chi connectivity index (χ2v) is 7.60. The minimum Gasteiger partial charge on any atom is -0.349 e. The lowest BCUT2D eigenvalue weighted by Gasteiger charge is -2.14. The molecule has 0 aliphatic carbocycles. The van der Waals surface area contributed by atoms with Gasteiger partial charge in [0.05, 0.1) is 11.8 Å². The fourth-order valence-corrected chi connectivity index (χ4v) is 4.06. The van der Waals surface area contributed by atoms with Gasteiger partial charge >= 0.3 is 0 Å². The maximum atomic E-state index is 12.3. The number of hydrogen-bond donors (Lipinski definition) is 1. The average Bonchev–Trinajstić information content (AvgIpc) is 2.69. The third-order valence-corrected chi connectivity index (χ3v) is 5.72. The molecule has 0 radical (unpaired) electrons. The third kappa shape index (κ3) is 5.34. The van der Waals surface area contributed by atoms with Gasteiger partial charge in [0.2, 0.25) is 5.91 Å². The summed E-state index contributed by atoms with van der Waals surface area (Å²) in [6.45, 7) is 1.98. The predicted molar refractivity (Wildman–Crippen MR) is 106 cm³/mol. The van der Waals surface area contributed by atoms with E-state index in [9.17, 15) is 4.79 Å². The van der Waals surface area contributed by atoms with Crippen LogP contribution in [0.2, 0.25) is 0 Å². The van der Waals surface area contributed by atoms with Crippen LogP contribution in [0.3, 0.4) is 0 Å². The summed E-state index contributed by atoms with van der Waals surface area (Å²) in [7, 11) is 0. The Bertz CT molecular complexity index is 844. The van der Waals surface area contributed by atoms with E-state index in [2.05, 4.69) is 15.3 Å². The summed E-state index contributed by atoms with van der Waals surface area (Å²) in [5.74, 6) is 0.283. The van der Waals surface area contributed by atoms with Crippen molar-refractivity contribution in [3.8, 4) is 0 Å². The van der Waals surface area contributed by atoms with Crippen molar-refractivity contribution in [1.82, 2.24) is 15.3 Å². The molecule has 26 heavy (non-hydrogen) atoms. The average molecular weight is 382 g/mol. The lowest BCUT2D eigenvalue weighted by Crippen LogP contribution is -2.28. The van der Waals surface area contributed by atoms with Crippen LogP contribution in [0, 0.1) is 0 Å². The van der Waals surface area contributed by atoms with Crippen LogP contribution in [0.1, 0.15) is 18.5 Å². The first-order valence-corrected chi connectivity index (χ1v) is 10.0. The van der Waals surface area contributed by atoms with Crippen LogP contribution in [-0.2, 0) is 4.79 Å². The molecule has 1 aromatic heterocycles. The molecule has 2 aromatic carbocycles. The zero-order valence-electron chi connectivity index (χ0n) is 14.3. The van der Waals surface area contributed by atoms with Gasteiger partial charge in [0.25, 0.3) is 0 Å². The van der Waals surface area contributed by atoms with Gasteiger partial charge in [0.1, 0.15) is 10.1 Å². The number of carbonyl (C=O) groups is 1. The van der Waals surface area contributed by atoms with Crippen LogP contribution in [-0.4, -0.2) is 21.6 Å². The van der Waals surface area contributed by atoms with E-state index in [1.807, 2.05) is 67.6 Å². The van der Waals surface area contributed by atoms with Gasteiger partial charge in [-0.05, 0) is 24.6 Å². The highest BCUT2D eigenvalue weighted by atomic mass is 32.2. The van der Waals surface area contributed by atoms with E-state index < -0.39 is 0 Å². The molecule has 0 saturated carbocycles. The molecule has 0 fully saturated rings. The van der Waals surface area contributed by atoms with Gasteiger partial charge in [0, 0.05) is 17.3 Å². The maximum Gasteiger partial charge on any atom is 0.230 e. The van der Waals surface area contributed by atoms with E-state index in [-0.39, 0.29) is 11.9 Å². The van der Waals surface area contributed by atoms with Gasteiger partial charge in [-0.15, -0.1) is 0 Å². The summed E-state index contributed by atoms with van der Waals surface area (Å²) in [6.07, 6.45) is 3.33. The molecule has 4 nitrogen and oxygen atoms in total. The molecule has 0 spiro atoms. The summed E-state index contributed by atoms with van der Waals surface area (Å²) < 4.78 is 0. The number of nitrogens with zero attached hydrogens (tertiary/aromatic N) is 2. The second kappa shape index (κ2) is 9.40. The Morgan fingerprint density at radius 3 is 2.27 bits per heavy atom. The Hall–Kier alpha value is -2.31. The lowest BCUT2D eigenvalue weighted by molar-refractivity contribution is -0.119. The van der Waals surface area contributed by atoms with Crippen molar-refractivity contribution >= 4 is 29.4 Å². The monoisotopic (exact) mass is 381 g/mol. The standard InChI is InChI=1S/C20H19N3OS2/c1-15(16-8-4-2-5-9-16)23-18(24)14-25-19-20(22-13-12-21-19)26-17-10-6-3-7-11-17/h2-13,15H,14H2,1H3,(H,23,24). The predicted octanol–water partition coefficient (Wildman–Crippen LogP) is 4.60. The smallest absolute Gasteiger partial charge is 0.230 e. The molecule has 0 aliphatic heterocycles. The Kier molecular flexibility index (Phi) is 6.68. The summed E-state index contributed by atoms with van der Waals surface area (Å²) in [4.78, 5) is 22.2. The van der Waals surface area contributed by atoms with Crippen LogP contribution < -0.4 is 5.32 Å². The normalized spacial score (nSPS) is 11.7. The highest BCUT2D eigenvalue weighted by Gasteiger charge is 2.13. The molecule has 0 aliphatic rings. The topological polar surface area (TPSA) is 54.9 Å².